The summed E-state index contributed by atoms with van der Waals surface area (Å²) >= 11 is 3.36. The molecule has 2 aliphatic rings. The number of carbonyl (C=O) groups is 1. The zero-order valence-electron chi connectivity index (χ0n) is 12.7. The largest absolute Gasteiger partial charge is 0.480 e. The molecule has 0 bridgehead atoms. The Hall–Kier alpha value is -1.37. The number of aromatic nitrogens is 2. The number of hydrogen-bond donors (Lipinski definition) is 1. The maximum Gasteiger partial charge on any atom is 0.232 e. The number of ether oxygens (including phenoxy) is 1. The van der Waals surface area contributed by atoms with Crippen LogP contribution in [0.4, 0.5) is 5.95 Å². The van der Waals surface area contributed by atoms with Gasteiger partial charge < -0.3 is 15.0 Å². The first-order chi connectivity index (χ1) is 10.7. The highest BCUT2D eigenvalue weighted by Gasteiger charge is 2.28. The molecule has 6 nitrogen and oxygen atoms in total. The lowest BCUT2D eigenvalue weighted by atomic mass is 9.84. The second-order valence-corrected chi connectivity index (χ2v) is 6.78. The summed E-state index contributed by atoms with van der Waals surface area (Å²) in [6.45, 7) is 1.70. The summed E-state index contributed by atoms with van der Waals surface area (Å²) in [4.78, 5) is 22.9. The van der Waals surface area contributed by atoms with Gasteiger partial charge in [0.15, 0.2) is 0 Å². The second kappa shape index (κ2) is 6.81. The molecule has 0 atom stereocenters. The molecule has 1 aromatic rings. The Bertz CT molecular complexity index is 542. The first kappa shape index (κ1) is 15.5. The number of amides is 1. The number of rotatable bonds is 4. The zero-order chi connectivity index (χ0) is 15.5. The predicted molar refractivity (Wildman–Crippen MR) is 87.0 cm³/mol. The normalized spacial score (nSPS) is 19.6. The molecule has 1 aromatic heterocycles. The molecule has 0 radical (unpaired) electrons. The number of nitrogens with one attached hydrogen (secondary N) is 1. The average molecular weight is 369 g/mol. The highest BCUT2D eigenvalue weighted by Crippen LogP contribution is 2.27. The number of carbonyl (C=O) groups excluding carboxylic acids is 1. The Balaban J connectivity index is 1.53. The topological polar surface area (TPSA) is 67.3 Å². The van der Waals surface area contributed by atoms with Crippen LogP contribution in [-0.2, 0) is 4.79 Å². The van der Waals surface area contributed by atoms with E-state index in [1.165, 1.54) is 6.42 Å². The predicted octanol–water partition coefficient (Wildman–Crippen LogP) is 2.13. The molecular weight excluding hydrogens is 348 g/mol. The molecule has 120 valence electrons. The van der Waals surface area contributed by atoms with E-state index in [9.17, 15) is 4.79 Å². The number of anilines is 1. The quantitative estimate of drug-likeness (QED) is 0.881. The minimum absolute atomic E-state index is 0.242. The van der Waals surface area contributed by atoms with E-state index >= 15 is 0 Å². The standard InChI is InChI=1S/C15H21BrN4O2/c1-22-14-12(16)9-17-15(19-14)20-7-5-11(6-8-20)18-13(21)10-3-2-4-10/h9-11H,2-8H2,1H3,(H,18,21). The van der Waals surface area contributed by atoms with Gasteiger partial charge in [0.2, 0.25) is 17.7 Å². The van der Waals surface area contributed by atoms with Crippen LogP contribution in [-0.4, -0.2) is 42.1 Å². The summed E-state index contributed by atoms with van der Waals surface area (Å²) in [5.74, 6) is 1.73. The molecule has 2 heterocycles. The molecule has 1 N–H and O–H groups in total. The Kier molecular flexibility index (Phi) is 4.81. The number of piperidine rings is 1. The van der Waals surface area contributed by atoms with Gasteiger partial charge >= 0.3 is 0 Å². The summed E-state index contributed by atoms with van der Waals surface area (Å²) in [5.41, 5.74) is 0. The molecule has 1 saturated carbocycles. The monoisotopic (exact) mass is 368 g/mol. The van der Waals surface area contributed by atoms with Crippen LogP contribution in [0, 0.1) is 5.92 Å². The van der Waals surface area contributed by atoms with Gasteiger partial charge in [0, 0.05) is 25.0 Å². The van der Waals surface area contributed by atoms with Gasteiger partial charge in [0.1, 0.15) is 0 Å². The van der Waals surface area contributed by atoms with Crippen LogP contribution in [0.3, 0.4) is 0 Å². The van der Waals surface area contributed by atoms with E-state index in [0.717, 1.165) is 43.2 Å². The number of hydrogen-bond acceptors (Lipinski definition) is 5. The molecule has 1 aliphatic carbocycles. The van der Waals surface area contributed by atoms with Gasteiger partial charge in [0.25, 0.3) is 0 Å². The molecule has 0 aromatic carbocycles. The summed E-state index contributed by atoms with van der Waals surface area (Å²) in [7, 11) is 1.60. The molecule has 2 fully saturated rings. The molecule has 0 unspecified atom stereocenters. The van der Waals surface area contributed by atoms with Crippen LogP contribution in [0.2, 0.25) is 0 Å². The van der Waals surface area contributed by atoms with E-state index in [-0.39, 0.29) is 17.9 Å². The molecule has 1 saturated heterocycles. The van der Waals surface area contributed by atoms with Crippen LogP contribution in [0.15, 0.2) is 10.7 Å². The summed E-state index contributed by atoms with van der Waals surface area (Å²) in [6.07, 6.45) is 6.87. The molecule has 22 heavy (non-hydrogen) atoms. The average Bonchev–Trinajstić information content (AvgIpc) is 2.47. The van der Waals surface area contributed by atoms with Gasteiger partial charge in [-0.15, -0.1) is 0 Å². The van der Waals surface area contributed by atoms with Crippen molar-refractivity contribution in [3.8, 4) is 5.88 Å². The van der Waals surface area contributed by atoms with Crippen molar-refractivity contribution in [1.29, 1.82) is 0 Å². The number of halogens is 1. The van der Waals surface area contributed by atoms with E-state index in [0.29, 0.717) is 11.8 Å². The van der Waals surface area contributed by atoms with Crippen molar-refractivity contribution in [3.05, 3.63) is 10.7 Å². The van der Waals surface area contributed by atoms with Gasteiger partial charge in [-0.3, -0.25) is 4.79 Å². The third-order valence-electron chi connectivity index (χ3n) is 4.49. The first-order valence-electron chi connectivity index (χ1n) is 7.79. The van der Waals surface area contributed by atoms with E-state index in [1.807, 2.05) is 0 Å². The molecule has 7 heteroatoms. The minimum atomic E-state index is 0.242. The molecule has 0 spiro atoms. The fraction of sp³-hybridized carbons (Fsp3) is 0.667. The van der Waals surface area contributed by atoms with Crippen molar-refractivity contribution in [2.24, 2.45) is 5.92 Å². The summed E-state index contributed by atoms with van der Waals surface area (Å²) < 4.78 is 5.96. The highest BCUT2D eigenvalue weighted by molar-refractivity contribution is 9.10. The maximum absolute atomic E-state index is 12.0. The van der Waals surface area contributed by atoms with Crippen LogP contribution in [0.1, 0.15) is 32.1 Å². The lowest BCUT2D eigenvalue weighted by Gasteiger charge is -2.34. The van der Waals surface area contributed by atoms with Crippen molar-refractivity contribution in [3.63, 3.8) is 0 Å². The first-order valence-corrected chi connectivity index (χ1v) is 8.58. The van der Waals surface area contributed by atoms with E-state index < -0.39 is 0 Å². The Morgan fingerprint density at radius 1 is 1.36 bits per heavy atom. The Labute approximate surface area is 138 Å². The second-order valence-electron chi connectivity index (χ2n) is 5.92. The van der Waals surface area contributed by atoms with Crippen molar-refractivity contribution in [2.45, 2.75) is 38.1 Å². The third kappa shape index (κ3) is 3.34. The lowest BCUT2D eigenvalue weighted by Crippen LogP contribution is -2.47. The van der Waals surface area contributed by atoms with Crippen molar-refractivity contribution >= 4 is 27.8 Å². The van der Waals surface area contributed by atoms with Crippen molar-refractivity contribution in [2.75, 3.05) is 25.1 Å². The van der Waals surface area contributed by atoms with Crippen LogP contribution in [0.25, 0.3) is 0 Å². The van der Waals surface area contributed by atoms with Crippen molar-refractivity contribution < 1.29 is 9.53 Å². The molecule has 1 amide bonds. The zero-order valence-corrected chi connectivity index (χ0v) is 14.3. The van der Waals surface area contributed by atoms with E-state index in [1.54, 1.807) is 13.3 Å². The fourth-order valence-corrected chi connectivity index (χ4v) is 3.20. The Morgan fingerprint density at radius 2 is 2.09 bits per heavy atom. The third-order valence-corrected chi connectivity index (χ3v) is 5.04. The van der Waals surface area contributed by atoms with Gasteiger partial charge in [0.05, 0.1) is 17.8 Å². The summed E-state index contributed by atoms with van der Waals surface area (Å²) in [5, 5.41) is 3.19. The minimum Gasteiger partial charge on any atom is -0.480 e. The number of methoxy groups -OCH3 is 1. The summed E-state index contributed by atoms with van der Waals surface area (Å²) in [6, 6.07) is 0.279. The Morgan fingerprint density at radius 3 is 2.68 bits per heavy atom. The molecule has 1 aliphatic heterocycles. The van der Waals surface area contributed by atoms with Crippen LogP contribution in [0.5, 0.6) is 5.88 Å². The van der Waals surface area contributed by atoms with Crippen LogP contribution >= 0.6 is 15.9 Å². The molecule has 3 rings (SSSR count). The smallest absolute Gasteiger partial charge is 0.232 e. The van der Waals surface area contributed by atoms with Gasteiger partial charge in [-0.25, -0.2) is 4.98 Å². The van der Waals surface area contributed by atoms with Gasteiger partial charge in [-0.2, -0.15) is 4.98 Å². The molecular formula is C15H21BrN4O2. The van der Waals surface area contributed by atoms with Gasteiger partial charge in [-0.1, -0.05) is 6.42 Å². The van der Waals surface area contributed by atoms with E-state index in [4.69, 9.17) is 4.74 Å². The fourth-order valence-electron chi connectivity index (χ4n) is 2.85. The number of nitrogens with zero attached hydrogens (tertiary/aromatic N) is 3. The van der Waals surface area contributed by atoms with E-state index in [2.05, 4.69) is 36.1 Å². The van der Waals surface area contributed by atoms with Crippen LogP contribution < -0.4 is 15.0 Å². The highest BCUT2D eigenvalue weighted by atomic mass is 79.9. The SMILES string of the molecule is COc1nc(N2CCC(NC(=O)C3CCC3)CC2)ncc1Br. The van der Waals surface area contributed by atoms with Crippen molar-refractivity contribution in [1.82, 2.24) is 15.3 Å². The lowest BCUT2D eigenvalue weighted by molar-refractivity contribution is -0.128. The van der Waals surface area contributed by atoms with Gasteiger partial charge in [-0.05, 0) is 41.6 Å². The maximum atomic E-state index is 12.0.